The fourth-order valence-electron chi connectivity index (χ4n) is 2.26. The fourth-order valence-corrected chi connectivity index (χ4v) is 2.26. The van der Waals surface area contributed by atoms with Crippen molar-refractivity contribution in [3.8, 4) is 0 Å². The van der Waals surface area contributed by atoms with Gasteiger partial charge in [0, 0.05) is 38.6 Å². The van der Waals surface area contributed by atoms with Gasteiger partial charge in [0.1, 0.15) is 0 Å². The van der Waals surface area contributed by atoms with E-state index < -0.39 is 0 Å². The summed E-state index contributed by atoms with van der Waals surface area (Å²) in [5.74, 6) is 0.635. The monoisotopic (exact) mass is 241 g/mol. The van der Waals surface area contributed by atoms with Gasteiger partial charge in [0.2, 0.25) is 5.91 Å². The van der Waals surface area contributed by atoms with Crippen LogP contribution in [0.1, 0.15) is 33.6 Å². The Kier molecular flexibility index (Phi) is 5.92. The fraction of sp³-hybridized carbons (Fsp3) is 0.923. The quantitative estimate of drug-likeness (QED) is 0.778. The Labute approximate surface area is 105 Å². The molecule has 4 nitrogen and oxygen atoms in total. The van der Waals surface area contributed by atoms with Crippen molar-refractivity contribution in [3.63, 3.8) is 0 Å². The highest BCUT2D eigenvalue weighted by Gasteiger charge is 2.23. The van der Waals surface area contributed by atoms with Gasteiger partial charge in [-0.05, 0) is 26.3 Å². The van der Waals surface area contributed by atoms with Gasteiger partial charge in [0.05, 0.1) is 0 Å². The van der Waals surface area contributed by atoms with Crippen molar-refractivity contribution in [1.82, 2.24) is 9.80 Å². The molecular formula is C13H27N3O. The molecule has 1 saturated heterocycles. The summed E-state index contributed by atoms with van der Waals surface area (Å²) in [7, 11) is 0. The molecule has 1 aliphatic heterocycles. The minimum absolute atomic E-state index is 0.283. The van der Waals surface area contributed by atoms with Crippen molar-refractivity contribution < 1.29 is 4.79 Å². The first-order chi connectivity index (χ1) is 8.08. The highest BCUT2D eigenvalue weighted by molar-refractivity contribution is 5.76. The summed E-state index contributed by atoms with van der Waals surface area (Å²) < 4.78 is 0. The van der Waals surface area contributed by atoms with E-state index in [0.29, 0.717) is 24.9 Å². The molecule has 0 saturated carbocycles. The van der Waals surface area contributed by atoms with Crippen molar-refractivity contribution in [2.45, 2.75) is 39.7 Å². The minimum Gasteiger partial charge on any atom is -0.340 e. The van der Waals surface area contributed by atoms with Gasteiger partial charge in [-0.25, -0.2) is 0 Å². The van der Waals surface area contributed by atoms with Crippen LogP contribution in [0, 0.1) is 5.92 Å². The first kappa shape index (κ1) is 14.5. The van der Waals surface area contributed by atoms with Crippen molar-refractivity contribution in [1.29, 1.82) is 0 Å². The molecule has 100 valence electrons. The minimum atomic E-state index is 0.283. The van der Waals surface area contributed by atoms with Crippen molar-refractivity contribution in [2.75, 3.05) is 32.7 Å². The standard InChI is InChI=1S/C13H27N3O/c1-4-12(10-14)9-13(17)16-7-5-15(6-8-16)11(2)3/h11-12H,4-10,14H2,1-3H3. The van der Waals surface area contributed by atoms with E-state index in [9.17, 15) is 4.79 Å². The summed E-state index contributed by atoms with van der Waals surface area (Å²) in [5, 5.41) is 0. The molecule has 4 heteroatoms. The summed E-state index contributed by atoms with van der Waals surface area (Å²) in [6.45, 7) is 10.9. The number of nitrogens with two attached hydrogens (primary N) is 1. The van der Waals surface area contributed by atoms with Crippen LogP contribution in [-0.2, 0) is 4.79 Å². The second-order valence-electron chi connectivity index (χ2n) is 5.22. The van der Waals surface area contributed by atoms with Crippen LogP contribution in [0.5, 0.6) is 0 Å². The number of rotatable bonds is 5. The summed E-state index contributed by atoms with van der Waals surface area (Å²) in [6, 6.07) is 0.583. The topological polar surface area (TPSA) is 49.6 Å². The average molecular weight is 241 g/mol. The molecule has 0 aliphatic carbocycles. The molecule has 1 fully saturated rings. The maximum atomic E-state index is 12.1. The molecular weight excluding hydrogens is 214 g/mol. The Morgan fingerprint density at radius 3 is 2.24 bits per heavy atom. The van der Waals surface area contributed by atoms with E-state index in [0.717, 1.165) is 32.6 Å². The second kappa shape index (κ2) is 6.97. The predicted octanol–water partition coefficient (Wildman–Crippen LogP) is 0.914. The zero-order valence-electron chi connectivity index (χ0n) is 11.5. The molecule has 0 radical (unpaired) electrons. The van der Waals surface area contributed by atoms with Crippen LogP contribution < -0.4 is 5.73 Å². The molecule has 1 unspecified atom stereocenters. The highest BCUT2D eigenvalue weighted by Crippen LogP contribution is 2.12. The number of carbonyl (C=O) groups excluding carboxylic acids is 1. The SMILES string of the molecule is CCC(CN)CC(=O)N1CCN(C(C)C)CC1. The molecule has 1 heterocycles. The number of nitrogens with zero attached hydrogens (tertiary/aromatic N) is 2. The third-order valence-corrected chi connectivity index (χ3v) is 3.77. The van der Waals surface area contributed by atoms with Crippen LogP contribution in [0.25, 0.3) is 0 Å². The molecule has 0 spiro atoms. The van der Waals surface area contributed by atoms with E-state index in [4.69, 9.17) is 5.73 Å². The highest BCUT2D eigenvalue weighted by atomic mass is 16.2. The number of piperazine rings is 1. The van der Waals surface area contributed by atoms with Crippen molar-refractivity contribution >= 4 is 5.91 Å². The zero-order chi connectivity index (χ0) is 12.8. The lowest BCUT2D eigenvalue weighted by atomic mass is 10.0. The van der Waals surface area contributed by atoms with Gasteiger partial charge in [0.25, 0.3) is 0 Å². The van der Waals surface area contributed by atoms with Gasteiger partial charge in [-0.3, -0.25) is 9.69 Å². The molecule has 1 rings (SSSR count). The summed E-state index contributed by atoms with van der Waals surface area (Å²) in [6.07, 6.45) is 1.61. The van der Waals surface area contributed by atoms with Gasteiger partial charge < -0.3 is 10.6 Å². The summed E-state index contributed by atoms with van der Waals surface area (Å²) in [5.41, 5.74) is 5.64. The Morgan fingerprint density at radius 1 is 1.24 bits per heavy atom. The lowest BCUT2D eigenvalue weighted by Gasteiger charge is -2.37. The number of carbonyl (C=O) groups is 1. The van der Waals surface area contributed by atoms with Crippen LogP contribution >= 0.6 is 0 Å². The Morgan fingerprint density at radius 2 is 1.82 bits per heavy atom. The lowest BCUT2D eigenvalue weighted by molar-refractivity contribution is -0.134. The van der Waals surface area contributed by atoms with Crippen LogP contribution in [0.4, 0.5) is 0 Å². The van der Waals surface area contributed by atoms with E-state index in [1.54, 1.807) is 0 Å². The average Bonchev–Trinajstić information content (AvgIpc) is 2.35. The first-order valence-electron chi connectivity index (χ1n) is 6.80. The van der Waals surface area contributed by atoms with Crippen molar-refractivity contribution in [3.05, 3.63) is 0 Å². The maximum absolute atomic E-state index is 12.1. The molecule has 0 aromatic rings. The van der Waals surface area contributed by atoms with E-state index in [1.165, 1.54) is 0 Å². The van der Waals surface area contributed by atoms with Crippen LogP contribution in [0.2, 0.25) is 0 Å². The third-order valence-electron chi connectivity index (χ3n) is 3.77. The largest absolute Gasteiger partial charge is 0.340 e. The van der Waals surface area contributed by atoms with Gasteiger partial charge in [0.15, 0.2) is 0 Å². The van der Waals surface area contributed by atoms with Crippen LogP contribution in [0.15, 0.2) is 0 Å². The lowest BCUT2D eigenvalue weighted by Crippen LogP contribution is -2.51. The van der Waals surface area contributed by atoms with E-state index in [2.05, 4.69) is 25.7 Å². The van der Waals surface area contributed by atoms with Crippen molar-refractivity contribution in [2.24, 2.45) is 11.7 Å². The molecule has 1 aliphatic rings. The molecule has 2 N–H and O–H groups in total. The van der Waals surface area contributed by atoms with E-state index in [-0.39, 0.29) is 5.91 Å². The molecule has 0 aromatic carbocycles. The first-order valence-corrected chi connectivity index (χ1v) is 6.80. The smallest absolute Gasteiger partial charge is 0.222 e. The number of amides is 1. The van der Waals surface area contributed by atoms with Gasteiger partial charge in [-0.1, -0.05) is 13.3 Å². The molecule has 1 atom stereocenters. The Balaban J connectivity index is 2.35. The molecule has 0 aromatic heterocycles. The number of hydrogen-bond acceptors (Lipinski definition) is 3. The van der Waals surface area contributed by atoms with Gasteiger partial charge in [-0.2, -0.15) is 0 Å². The van der Waals surface area contributed by atoms with E-state index >= 15 is 0 Å². The van der Waals surface area contributed by atoms with Crippen LogP contribution in [0.3, 0.4) is 0 Å². The van der Waals surface area contributed by atoms with Gasteiger partial charge in [-0.15, -0.1) is 0 Å². The summed E-state index contributed by atoms with van der Waals surface area (Å²) in [4.78, 5) is 16.5. The molecule has 0 bridgehead atoms. The third kappa shape index (κ3) is 4.28. The Hall–Kier alpha value is -0.610. The molecule has 17 heavy (non-hydrogen) atoms. The molecule has 1 amide bonds. The number of hydrogen-bond donors (Lipinski definition) is 1. The van der Waals surface area contributed by atoms with E-state index in [1.807, 2.05) is 4.90 Å². The predicted molar refractivity (Wildman–Crippen MR) is 70.7 cm³/mol. The zero-order valence-corrected chi connectivity index (χ0v) is 11.5. The normalized spacial score (nSPS) is 19.7. The maximum Gasteiger partial charge on any atom is 0.222 e. The van der Waals surface area contributed by atoms with Gasteiger partial charge >= 0.3 is 0 Å². The van der Waals surface area contributed by atoms with Crippen LogP contribution in [-0.4, -0.2) is 54.5 Å². The summed E-state index contributed by atoms with van der Waals surface area (Å²) >= 11 is 0. The Bertz CT molecular complexity index is 231. The second-order valence-corrected chi connectivity index (χ2v) is 5.22.